The second-order valence-corrected chi connectivity index (χ2v) is 7.55. The van der Waals surface area contributed by atoms with Gasteiger partial charge in [-0.3, -0.25) is 0 Å². The first kappa shape index (κ1) is 15.7. The van der Waals surface area contributed by atoms with E-state index in [9.17, 15) is 8.42 Å². The van der Waals surface area contributed by atoms with Gasteiger partial charge in [0, 0.05) is 50.5 Å². The average Bonchev–Trinajstić information content (AvgIpc) is 2.54. The number of hydrogen-bond acceptors (Lipinski definition) is 7. The molecular formula is C15H19N5O2S. The van der Waals surface area contributed by atoms with Crippen molar-refractivity contribution in [2.45, 2.75) is 11.8 Å². The maximum atomic E-state index is 11.9. The lowest BCUT2D eigenvalue weighted by atomic mass is 10.3. The van der Waals surface area contributed by atoms with Gasteiger partial charge in [0.2, 0.25) is 5.95 Å². The first-order valence-electron chi connectivity index (χ1n) is 7.40. The first-order chi connectivity index (χ1) is 10.9. The lowest BCUT2D eigenvalue weighted by Crippen LogP contribution is -2.47. The lowest BCUT2D eigenvalue weighted by Gasteiger charge is -2.36. The lowest BCUT2D eigenvalue weighted by molar-refractivity contribution is 0.597. The van der Waals surface area contributed by atoms with Crippen molar-refractivity contribution in [2.75, 3.05) is 42.2 Å². The number of aryl methyl sites for hydroxylation is 1. The van der Waals surface area contributed by atoms with Crippen LogP contribution in [-0.4, -0.2) is 55.8 Å². The molecule has 3 heterocycles. The summed E-state index contributed by atoms with van der Waals surface area (Å²) in [6.07, 6.45) is 4.59. The van der Waals surface area contributed by atoms with Crippen molar-refractivity contribution in [3.63, 3.8) is 0 Å². The van der Waals surface area contributed by atoms with Gasteiger partial charge in [-0.05, 0) is 25.1 Å². The van der Waals surface area contributed by atoms with Crippen LogP contribution in [0.1, 0.15) is 5.69 Å². The number of piperazine rings is 1. The van der Waals surface area contributed by atoms with Crippen LogP contribution in [0.4, 0.5) is 11.8 Å². The van der Waals surface area contributed by atoms with Gasteiger partial charge >= 0.3 is 0 Å². The molecule has 23 heavy (non-hydrogen) atoms. The zero-order valence-corrected chi connectivity index (χ0v) is 14.0. The predicted octanol–water partition coefficient (Wildman–Crippen LogP) is 0.910. The highest BCUT2D eigenvalue weighted by atomic mass is 32.2. The standard InChI is InChI=1S/C15H19N5O2S/c1-12-5-7-17-15(18-12)20-10-8-19(9-11-20)14-13(23(2,21)22)4-3-6-16-14/h3-7H,8-11H2,1-2H3. The minimum Gasteiger partial charge on any atom is -0.352 e. The molecule has 122 valence electrons. The van der Waals surface area contributed by atoms with E-state index in [1.807, 2.05) is 17.9 Å². The quantitative estimate of drug-likeness (QED) is 0.826. The second kappa shape index (κ2) is 6.11. The molecule has 0 N–H and O–H groups in total. The van der Waals surface area contributed by atoms with Gasteiger partial charge in [-0.25, -0.2) is 23.4 Å². The van der Waals surface area contributed by atoms with Gasteiger partial charge in [-0.2, -0.15) is 0 Å². The fourth-order valence-corrected chi connectivity index (χ4v) is 3.45. The summed E-state index contributed by atoms with van der Waals surface area (Å²) >= 11 is 0. The molecule has 2 aromatic heterocycles. The second-order valence-electron chi connectivity index (χ2n) is 5.57. The van der Waals surface area contributed by atoms with Gasteiger partial charge in [-0.1, -0.05) is 0 Å². The summed E-state index contributed by atoms with van der Waals surface area (Å²) in [5.74, 6) is 1.24. The van der Waals surface area contributed by atoms with Gasteiger partial charge in [-0.15, -0.1) is 0 Å². The van der Waals surface area contributed by atoms with E-state index >= 15 is 0 Å². The smallest absolute Gasteiger partial charge is 0.225 e. The van der Waals surface area contributed by atoms with E-state index < -0.39 is 9.84 Å². The number of pyridine rings is 1. The fraction of sp³-hybridized carbons (Fsp3) is 0.400. The van der Waals surface area contributed by atoms with Crippen molar-refractivity contribution >= 4 is 21.6 Å². The Morgan fingerprint density at radius 1 is 1.00 bits per heavy atom. The van der Waals surface area contributed by atoms with Crippen LogP contribution in [0.25, 0.3) is 0 Å². The van der Waals surface area contributed by atoms with E-state index in [0.29, 0.717) is 24.9 Å². The van der Waals surface area contributed by atoms with Gasteiger partial charge in [0.15, 0.2) is 9.84 Å². The monoisotopic (exact) mass is 333 g/mol. The Morgan fingerprint density at radius 2 is 1.70 bits per heavy atom. The van der Waals surface area contributed by atoms with Crippen LogP contribution in [0.5, 0.6) is 0 Å². The summed E-state index contributed by atoms with van der Waals surface area (Å²) in [5, 5.41) is 0. The van der Waals surface area contributed by atoms with Gasteiger partial charge in [0.05, 0.1) is 0 Å². The summed E-state index contributed by atoms with van der Waals surface area (Å²) in [4.78, 5) is 17.4. The van der Waals surface area contributed by atoms with E-state index in [1.165, 1.54) is 6.26 Å². The Balaban J connectivity index is 1.78. The van der Waals surface area contributed by atoms with Crippen molar-refractivity contribution in [1.82, 2.24) is 15.0 Å². The van der Waals surface area contributed by atoms with Crippen LogP contribution >= 0.6 is 0 Å². The highest BCUT2D eigenvalue weighted by Gasteiger charge is 2.24. The third-order valence-electron chi connectivity index (χ3n) is 3.79. The van der Waals surface area contributed by atoms with Crippen LogP contribution in [0.15, 0.2) is 35.5 Å². The number of aromatic nitrogens is 3. The fourth-order valence-electron chi connectivity index (χ4n) is 2.62. The highest BCUT2D eigenvalue weighted by Crippen LogP contribution is 2.24. The maximum Gasteiger partial charge on any atom is 0.225 e. The number of hydrogen-bond donors (Lipinski definition) is 0. The van der Waals surface area contributed by atoms with Crippen molar-refractivity contribution in [1.29, 1.82) is 0 Å². The van der Waals surface area contributed by atoms with Gasteiger partial charge in [0.1, 0.15) is 10.7 Å². The summed E-state index contributed by atoms with van der Waals surface area (Å²) in [5.41, 5.74) is 0.932. The van der Waals surface area contributed by atoms with Crippen LogP contribution in [0.2, 0.25) is 0 Å². The molecule has 8 heteroatoms. The molecule has 1 aliphatic rings. The molecule has 7 nitrogen and oxygen atoms in total. The number of nitrogens with zero attached hydrogens (tertiary/aromatic N) is 5. The Kier molecular flexibility index (Phi) is 4.16. The average molecular weight is 333 g/mol. The summed E-state index contributed by atoms with van der Waals surface area (Å²) in [7, 11) is -3.30. The Bertz CT molecular complexity index is 801. The minimum absolute atomic E-state index is 0.278. The molecule has 0 saturated carbocycles. The molecule has 0 bridgehead atoms. The van der Waals surface area contributed by atoms with Gasteiger partial charge < -0.3 is 9.80 Å². The third-order valence-corrected chi connectivity index (χ3v) is 4.91. The molecule has 0 radical (unpaired) electrons. The molecule has 2 aromatic rings. The normalized spacial score (nSPS) is 15.7. The van der Waals surface area contributed by atoms with Crippen molar-refractivity contribution in [3.8, 4) is 0 Å². The van der Waals surface area contributed by atoms with Crippen LogP contribution < -0.4 is 9.80 Å². The zero-order valence-electron chi connectivity index (χ0n) is 13.2. The highest BCUT2D eigenvalue weighted by molar-refractivity contribution is 7.90. The van der Waals surface area contributed by atoms with Crippen LogP contribution in [-0.2, 0) is 9.84 Å². The largest absolute Gasteiger partial charge is 0.352 e. The molecule has 0 unspecified atom stereocenters. The third kappa shape index (κ3) is 3.42. The number of sulfone groups is 1. The summed E-state index contributed by atoms with van der Waals surface area (Å²) in [6.45, 7) is 4.74. The van der Waals surface area contributed by atoms with E-state index in [1.54, 1.807) is 24.5 Å². The zero-order chi connectivity index (χ0) is 16.4. The maximum absolute atomic E-state index is 11.9. The molecule has 0 amide bonds. The van der Waals surface area contributed by atoms with E-state index in [4.69, 9.17) is 0 Å². The Labute approximate surface area is 135 Å². The molecule has 0 aliphatic carbocycles. The van der Waals surface area contributed by atoms with E-state index in [-0.39, 0.29) is 4.90 Å². The van der Waals surface area contributed by atoms with Crippen molar-refractivity contribution in [3.05, 3.63) is 36.3 Å². The topological polar surface area (TPSA) is 79.3 Å². The molecule has 1 fully saturated rings. The first-order valence-corrected chi connectivity index (χ1v) is 9.29. The molecular weight excluding hydrogens is 314 g/mol. The Morgan fingerprint density at radius 3 is 2.35 bits per heavy atom. The SMILES string of the molecule is Cc1ccnc(N2CCN(c3ncccc3S(C)(=O)=O)CC2)n1. The van der Waals surface area contributed by atoms with E-state index in [0.717, 1.165) is 18.8 Å². The van der Waals surface area contributed by atoms with Crippen LogP contribution in [0.3, 0.4) is 0 Å². The van der Waals surface area contributed by atoms with Crippen molar-refractivity contribution < 1.29 is 8.42 Å². The predicted molar refractivity (Wildman–Crippen MR) is 88.5 cm³/mol. The molecule has 1 saturated heterocycles. The summed E-state index contributed by atoms with van der Waals surface area (Å²) < 4.78 is 23.8. The van der Waals surface area contributed by atoms with Crippen LogP contribution in [0, 0.1) is 6.92 Å². The van der Waals surface area contributed by atoms with Gasteiger partial charge in [0.25, 0.3) is 0 Å². The van der Waals surface area contributed by atoms with Crippen molar-refractivity contribution in [2.24, 2.45) is 0 Å². The molecule has 1 aliphatic heterocycles. The number of rotatable bonds is 3. The Hall–Kier alpha value is -2.22. The molecule has 0 aromatic carbocycles. The number of anilines is 2. The molecule has 3 rings (SSSR count). The molecule has 0 atom stereocenters. The molecule has 0 spiro atoms. The minimum atomic E-state index is -3.30. The summed E-state index contributed by atoms with van der Waals surface area (Å²) in [6, 6.07) is 5.12. The van der Waals surface area contributed by atoms with E-state index in [2.05, 4.69) is 19.9 Å².